The Balaban J connectivity index is 3.10. The van der Waals surface area contributed by atoms with Gasteiger partial charge in [0.2, 0.25) is 0 Å². The number of aliphatic hydroxyl groups is 1. The molecule has 19 heavy (non-hydrogen) atoms. The van der Waals surface area contributed by atoms with Gasteiger partial charge in [-0.15, -0.1) is 0 Å². The van der Waals surface area contributed by atoms with Crippen LogP contribution in [0.4, 0.5) is 0 Å². The fourth-order valence-electron chi connectivity index (χ4n) is 2.06. The number of rotatable bonds is 14. The Morgan fingerprint density at radius 2 is 1.05 bits per heavy atom. The van der Waals surface area contributed by atoms with Gasteiger partial charge in [0.25, 0.3) is 0 Å². The molecule has 2 N–H and O–H groups in total. The zero-order valence-corrected chi connectivity index (χ0v) is 11.9. The van der Waals surface area contributed by atoms with Crippen molar-refractivity contribution in [2.24, 2.45) is 0 Å². The van der Waals surface area contributed by atoms with Crippen LogP contribution < -0.4 is 0 Å². The number of aliphatic hydroxyl groups excluding tert-OH is 1. The van der Waals surface area contributed by atoms with Crippen molar-refractivity contribution in [2.45, 2.75) is 77.0 Å². The van der Waals surface area contributed by atoms with Crippen molar-refractivity contribution in [1.82, 2.24) is 0 Å². The molecule has 0 fully saturated rings. The van der Waals surface area contributed by atoms with E-state index in [0.717, 1.165) is 44.9 Å². The third kappa shape index (κ3) is 15.0. The van der Waals surface area contributed by atoms with E-state index in [4.69, 9.17) is 10.2 Å². The maximum atomic E-state index is 11.3. The Bertz CT molecular complexity index is 238. The normalized spacial score (nSPS) is 10.6. The van der Waals surface area contributed by atoms with E-state index < -0.39 is 5.97 Å². The van der Waals surface area contributed by atoms with Crippen LogP contribution >= 0.6 is 0 Å². The molecule has 0 aromatic rings. The predicted octanol–water partition coefficient (Wildman–Crippen LogP) is 3.31. The molecule has 0 saturated heterocycles. The van der Waals surface area contributed by atoms with Crippen molar-refractivity contribution in [3.8, 4) is 0 Å². The average molecular weight is 272 g/mol. The van der Waals surface area contributed by atoms with Crippen LogP contribution in [0, 0.1) is 0 Å². The number of carbonyl (C=O) groups excluding carboxylic acids is 1. The van der Waals surface area contributed by atoms with Crippen LogP contribution in [-0.2, 0) is 9.59 Å². The van der Waals surface area contributed by atoms with Crippen molar-refractivity contribution in [1.29, 1.82) is 0 Å². The van der Waals surface area contributed by atoms with Gasteiger partial charge in [0, 0.05) is 25.9 Å². The summed E-state index contributed by atoms with van der Waals surface area (Å²) in [5.74, 6) is -0.436. The van der Waals surface area contributed by atoms with Gasteiger partial charge in [-0.25, -0.2) is 0 Å². The van der Waals surface area contributed by atoms with Gasteiger partial charge >= 0.3 is 5.97 Å². The minimum absolute atomic E-state index is 0.105. The molecule has 0 spiro atoms. The summed E-state index contributed by atoms with van der Waals surface area (Å²) in [4.78, 5) is 21.6. The molecule has 0 aliphatic carbocycles. The number of ketones is 1. The lowest BCUT2D eigenvalue weighted by atomic mass is 10.0. The van der Waals surface area contributed by atoms with Crippen LogP contribution in [0.5, 0.6) is 0 Å². The highest BCUT2D eigenvalue weighted by Crippen LogP contribution is 2.11. The zero-order chi connectivity index (χ0) is 14.3. The first kappa shape index (κ1) is 18.1. The Morgan fingerprint density at radius 1 is 0.632 bits per heavy atom. The summed E-state index contributed by atoms with van der Waals surface area (Å²) < 4.78 is 0. The van der Waals surface area contributed by atoms with Crippen molar-refractivity contribution >= 4 is 11.8 Å². The maximum Gasteiger partial charge on any atom is 0.303 e. The number of Topliss-reactive ketones (excluding diaryl/α,β-unsaturated/α-hetero) is 1. The summed E-state index contributed by atoms with van der Waals surface area (Å²) in [7, 11) is 0. The fourth-order valence-corrected chi connectivity index (χ4v) is 2.06. The van der Waals surface area contributed by atoms with Crippen LogP contribution in [0.2, 0.25) is 0 Å². The summed E-state index contributed by atoms with van der Waals surface area (Å²) >= 11 is 0. The van der Waals surface area contributed by atoms with E-state index in [2.05, 4.69) is 0 Å². The van der Waals surface area contributed by atoms with Crippen molar-refractivity contribution in [2.75, 3.05) is 6.61 Å². The summed E-state index contributed by atoms with van der Waals surface area (Å²) in [5, 5.41) is 17.1. The highest BCUT2D eigenvalue weighted by atomic mass is 16.4. The SMILES string of the molecule is O=C(O)CCCCCCCCCCC(=O)CCCO. The second-order valence-electron chi connectivity index (χ2n) is 5.09. The van der Waals surface area contributed by atoms with Gasteiger partial charge < -0.3 is 10.2 Å². The number of hydrogen-bond acceptors (Lipinski definition) is 3. The molecule has 0 saturated carbocycles. The van der Waals surface area contributed by atoms with E-state index in [1.165, 1.54) is 6.42 Å². The second kappa shape index (κ2) is 13.5. The number of carboxylic acids is 1. The molecule has 0 aliphatic heterocycles. The Hall–Kier alpha value is -0.900. The third-order valence-electron chi connectivity index (χ3n) is 3.21. The standard InChI is InChI=1S/C15H28O4/c16-13-9-11-14(17)10-7-5-3-1-2-4-6-8-12-15(18)19/h16H,1-13H2,(H,18,19). The van der Waals surface area contributed by atoms with Gasteiger partial charge in [-0.3, -0.25) is 9.59 Å². The highest BCUT2D eigenvalue weighted by Gasteiger charge is 2.01. The Kier molecular flexibility index (Phi) is 12.9. The van der Waals surface area contributed by atoms with Gasteiger partial charge in [0.15, 0.2) is 0 Å². The molecule has 0 radical (unpaired) electrons. The predicted molar refractivity (Wildman–Crippen MR) is 75.1 cm³/mol. The smallest absolute Gasteiger partial charge is 0.303 e. The first-order valence-corrected chi connectivity index (χ1v) is 7.51. The molecule has 0 aromatic carbocycles. The van der Waals surface area contributed by atoms with Crippen molar-refractivity contribution in [3.05, 3.63) is 0 Å². The number of hydrogen-bond donors (Lipinski definition) is 2. The average Bonchev–Trinajstić information content (AvgIpc) is 2.38. The molecule has 4 nitrogen and oxygen atoms in total. The molecular formula is C15H28O4. The second-order valence-corrected chi connectivity index (χ2v) is 5.09. The molecule has 0 aliphatic rings. The van der Waals surface area contributed by atoms with Crippen LogP contribution in [-0.4, -0.2) is 28.6 Å². The van der Waals surface area contributed by atoms with E-state index in [-0.39, 0.29) is 18.8 Å². The Morgan fingerprint density at radius 3 is 1.53 bits per heavy atom. The van der Waals surface area contributed by atoms with Crippen molar-refractivity contribution in [3.63, 3.8) is 0 Å². The van der Waals surface area contributed by atoms with E-state index >= 15 is 0 Å². The van der Waals surface area contributed by atoms with E-state index in [0.29, 0.717) is 19.3 Å². The van der Waals surface area contributed by atoms with Gasteiger partial charge in [-0.1, -0.05) is 38.5 Å². The van der Waals surface area contributed by atoms with Gasteiger partial charge in [-0.2, -0.15) is 0 Å². The number of carboxylic acid groups (broad SMARTS) is 1. The lowest BCUT2D eigenvalue weighted by molar-refractivity contribution is -0.137. The van der Waals surface area contributed by atoms with Gasteiger partial charge in [0.1, 0.15) is 5.78 Å². The first-order valence-electron chi connectivity index (χ1n) is 7.51. The maximum absolute atomic E-state index is 11.3. The van der Waals surface area contributed by atoms with Gasteiger partial charge in [-0.05, 0) is 19.3 Å². The highest BCUT2D eigenvalue weighted by molar-refractivity contribution is 5.78. The van der Waals surface area contributed by atoms with E-state index in [9.17, 15) is 9.59 Å². The summed E-state index contributed by atoms with van der Waals surface area (Å²) in [6.07, 6.45) is 10.5. The summed E-state index contributed by atoms with van der Waals surface area (Å²) in [6.45, 7) is 0.105. The number of aliphatic carboxylic acids is 1. The topological polar surface area (TPSA) is 74.6 Å². The van der Waals surface area contributed by atoms with Crippen LogP contribution in [0.3, 0.4) is 0 Å². The molecular weight excluding hydrogens is 244 g/mol. The van der Waals surface area contributed by atoms with Crippen molar-refractivity contribution < 1.29 is 19.8 Å². The molecule has 0 heterocycles. The molecule has 0 bridgehead atoms. The molecule has 0 rings (SSSR count). The molecule has 0 atom stereocenters. The number of carbonyl (C=O) groups is 2. The largest absolute Gasteiger partial charge is 0.481 e. The lowest BCUT2D eigenvalue weighted by Gasteiger charge is -2.02. The molecule has 112 valence electrons. The minimum Gasteiger partial charge on any atom is -0.481 e. The zero-order valence-electron chi connectivity index (χ0n) is 11.9. The van der Waals surface area contributed by atoms with E-state index in [1.54, 1.807) is 0 Å². The molecule has 4 heteroatoms. The van der Waals surface area contributed by atoms with Crippen LogP contribution in [0.15, 0.2) is 0 Å². The molecule has 0 aromatic heterocycles. The summed E-state index contributed by atoms with van der Waals surface area (Å²) in [6, 6.07) is 0. The third-order valence-corrected chi connectivity index (χ3v) is 3.21. The Labute approximate surface area is 116 Å². The monoisotopic (exact) mass is 272 g/mol. The summed E-state index contributed by atoms with van der Waals surface area (Å²) in [5.41, 5.74) is 0. The van der Waals surface area contributed by atoms with Crippen LogP contribution in [0.1, 0.15) is 77.0 Å². The minimum atomic E-state index is -0.703. The molecule has 0 amide bonds. The number of unbranched alkanes of at least 4 members (excludes halogenated alkanes) is 7. The lowest BCUT2D eigenvalue weighted by Crippen LogP contribution is -1.99. The van der Waals surface area contributed by atoms with Crippen LogP contribution in [0.25, 0.3) is 0 Å². The quantitative estimate of drug-likeness (QED) is 0.476. The fraction of sp³-hybridized carbons (Fsp3) is 0.867. The van der Waals surface area contributed by atoms with E-state index in [1.807, 2.05) is 0 Å². The van der Waals surface area contributed by atoms with Gasteiger partial charge in [0.05, 0.1) is 0 Å². The first-order chi connectivity index (χ1) is 9.16. The molecule has 0 unspecified atom stereocenters.